The number of carbonyl (C=O) groups excluding carboxylic acids is 1. The highest BCUT2D eigenvalue weighted by Crippen LogP contribution is 2.31. The first-order valence-corrected chi connectivity index (χ1v) is 8.17. The fourth-order valence-electron chi connectivity index (χ4n) is 2.04. The van der Waals surface area contributed by atoms with Gasteiger partial charge in [-0.2, -0.15) is 0 Å². The van der Waals surface area contributed by atoms with Crippen molar-refractivity contribution in [2.24, 2.45) is 0 Å². The van der Waals surface area contributed by atoms with E-state index < -0.39 is 0 Å². The number of anilines is 1. The van der Waals surface area contributed by atoms with Crippen LogP contribution in [0.5, 0.6) is 0 Å². The molecule has 0 fully saturated rings. The topological polar surface area (TPSA) is 62.5 Å². The summed E-state index contributed by atoms with van der Waals surface area (Å²) in [7, 11) is 3.91. The van der Waals surface area contributed by atoms with Crippen molar-refractivity contribution in [2.45, 2.75) is 0 Å². The summed E-state index contributed by atoms with van der Waals surface area (Å²) in [4.78, 5) is 20.8. The number of amides is 1. The maximum absolute atomic E-state index is 12.7. The predicted molar refractivity (Wildman–Crippen MR) is 91.4 cm³/mol. The van der Waals surface area contributed by atoms with E-state index in [0.717, 1.165) is 10.2 Å². The van der Waals surface area contributed by atoms with Crippen LogP contribution in [0.15, 0.2) is 35.0 Å². The molecule has 0 aliphatic carbocycles. The van der Waals surface area contributed by atoms with E-state index in [0.29, 0.717) is 23.2 Å². The van der Waals surface area contributed by atoms with Gasteiger partial charge in [-0.25, -0.2) is 4.98 Å². The lowest BCUT2D eigenvalue weighted by Gasteiger charge is -2.20. The minimum atomic E-state index is -0.255. The molecule has 1 aromatic carbocycles. The van der Waals surface area contributed by atoms with Gasteiger partial charge in [0.1, 0.15) is 0 Å². The molecular formula is C15H15ClN4O2S. The molecule has 2 aromatic heterocycles. The second-order valence-corrected chi connectivity index (χ2v) is 6.69. The maximum atomic E-state index is 12.7. The van der Waals surface area contributed by atoms with Crippen LogP contribution in [-0.2, 0) is 0 Å². The van der Waals surface area contributed by atoms with Gasteiger partial charge in [0, 0.05) is 24.2 Å². The Morgan fingerprint density at radius 2 is 2.13 bits per heavy atom. The molecule has 3 aromatic rings. The van der Waals surface area contributed by atoms with Crippen molar-refractivity contribution < 1.29 is 9.32 Å². The number of hydrogen-bond donors (Lipinski definition) is 0. The Morgan fingerprint density at radius 1 is 1.30 bits per heavy atom. The first-order valence-electron chi connectivity index (χ1n) is 6.98. The number of hydrogen-bond acceptors (Lipinski definition) is 6. The van der Waals surface area contributed by atoms with Crippen LogP contribution in [-0.4, -0.2) is 48.1 Å². The van der Waals surface area contributed by atoms with E-state index in [9.17, 15) is 4.79 Å². The molecular weight excluding hydrogens is 336 g/mol. The van der Waals surface area contributed by atoms with E-state index in [-0.39, 0.29) is 11.7 Å². The Balaban J connectivity index is 1.96. The number of thiazole rings is 1. The normalized spacial score (nSPS) is 11.3. The number of likely N-dealkylation sites (N-methyl/N-ethyl adjacent to an activating group) is 1. The first-order chi connectivity index (χ1) is 11.0. The van der Waals surface area contributed by atoms with E-state index >= 15 is 0 Å². The van der Waals surface area contributed by atoms with Crippen LogP contribution in [0, 0.1) is 0 Å². The third-order valence-electron chi connectivity index (χ3n) is 3.23. The molecule has 0 aliphatic rings. The third kappa shape index (κ3) is 3.52. The number of nitrogens with zero attached hydrogens (tertiary/aromatic N) is 4. The largest absolute Gasteiger partial charge is 0.351 e. The summed E-state index contributed by atoms with van der Waals surface area (Å²) >= 11 is 7.45. The van der Waals surface area contributed by atoms with Crippen LogP contribution in [0.1, 0.15) is 10.6 Å². The number of halogens is 1. The molecule has 0 unspecified atom stereocenters. The fraction of sp³-hybridized carbons (Fsp3) is 0.267. The average molecular weight is 351 g/mol. The Labute approximate surface area is 142 Å². The van der Waals surface area contributed by atoms with Gasteiger partial charge in [-0.3, -0.25) is 9.69 Å². The Bertz CT molecular complexity index is 816. The van der Waals surface area contributed by atoms with Gasteiger partial charge in [0.25, 0.3) is 5.91 Å². The molecule has 0 aliphatic heterocycles. The molecule has 0 N–H and O–H groups in total. The summed E-state index contributed by atoms with van der Waals surface area (Å²) in [6, 6.07) is 7.03. The van der Waals surface area contributed by atoms with Crippen LogP contribution >= 0.6 is 22.9 Å². The van der Waals surface area contributed by atoms with Crippen LogP contribution in [0.25, 0.3) is 10.2 Å². The standard InChI is InChI=1S/C15H15ClN4O2S/c1-19(2)7-8-20(14(21)12-5-6-17-22-12)15-18-11-4-3-10(16)9-13(11)23-15/h3-6,9H,7-8H2,1-2H3. The van der Waals surface area contributed by atoms with Crippen LogP contribution < -0.4 is 4.90 Å². The number of rotatable bonds is 5. The molecule has 0 spiro atoms. The van der Waals surface area contributed by atoms with E-state index in [1.165, 1.54) is 17.5 Å². The smallest absolute Gasteiger partial charge is 0.298 e. The lowest BCUT2D eigenvalue weighted by atomic mass is 10.3. The molecule has 2 heterocycles. The number of aromatic nitrogens is 2. The summed E-state index contributed by atoms with van der Waals surface area (Å²) in [5.41, 5.74) is 0.814. The van der Waals surface area contributed by atoms with Crippen molar-refractivity contribution in [3.8, 4) is 0 Å². The van der Waals surface area contributed by atoms with Crippen molar-refractivity contribution in [3.63, 3.8) is 0 Å². The lowest BCUT2D eigenvalue weighted by Crippen LogP contribution is -2.36. The van der Waals surface area contributed by atoms with Crippen molar-refractivity contribution in [1.29, 1.82) is 0 Å². The molecule has 6 nitrogen and oxygen atoms in total. The zero-order valence-corrected chi connectivity index (χ0v) is 14.3. The van der Waals surface area contributed by atoms with E-state index in [1.807, 2.05) is 31.1 Å². The molecule has 120 valence electrons. The van der Waals surface area contributed by atoms with E-state index in [2.05, 4.69) is 10.1 Å². The summed E-state index contributed by atoms with van der Waals surface area (Å²) in [5, 5.41) is 4.87. The van der Waals surface area contributed by atoms with E-state index in [4.69, 9.17) is 16.1 Å². The Morgan fingerprint density at radius 3 is 2.83 bits per heavy atom. The zero-order chi connectivity index (χ0) is 16.4. The van der Waals surface area contributed by atoms with Gasteiger partial charge >= 0.3 is 0 Å². The Hall–Kier alpha value is -1.96. The summed E-state index contributed by atoms with van der Waals surface area (Å²) in [6.07, 6.45) is 1.45. The van der Waals surface area contributed by atoms with Gasteiger partial charge in [-0.05, 0) is 32.3 Å². The van der Waals surface area contributed by atoms with Gasteiger partial charge in [-0.1, -0.05) is 28.1 Å². The van der Waals surface area contributed by atoms with Crippen molar-refractivity contribution >= 4 is 44.2 Å². The first kappa shape index (κ1) is 15.9. The molecule has 0 bridgehead atoms. The Kier molecular flexibility index (Phi) is 4.61. The third-order valence-corrected chi connectivity index (χ3v) is 4.51. The van der Waals surface area contributed by atoms with Gasteiger partial charge in [-0.15, -0.1) is 0 Å². The number of fused-ring (bicyclic) bond motifs is 1. The predicted octanol–water partition coefficient (Wildman–Crippen LogP) is 3.15. The summed E-state index contributed by atoms with van der Waals surface area (Å²) in [6.45, 7) is 1.21. The molecule has 0 atom stereocenters. The molecule has 0 saturated carbocycles. The molecule has 3 rings (SSSR count). The van der Waals surface area contributed by atoms with Crippen molar-refractivity contribution in [3.05, 3.63) is 41.2 Å². The highest BCUT2D eigenvalue weighted by atomic mass is 35.5. The van der Waals surface area contributed by atoms with Gasteiger partial charge < -0.3 is 9.42 Å². The molecule has 23 heavy (non-hydrogen) atoms. The zero-order valence-electron chi connectivity index (χ0n) is 12.7. The highest BCUT2D eigenvalue weighted by molar-refractivity contribution is 7.22. The van der Waals surface area contributed by atoms with Gasteiger partial charge in [0.15, 0.2) is 5.13 Å². The summed E-state index contributed by atoms with van der Waals surface area (Å²) < 4.78 is 5.94. The second kappa shape index (κ2) is 6.66. The SMILES string of the molecule is CN(C)CCN(C(=O)c1ccno1)c1nc2ccc(Cl)cc2s1. The van der Waals surface area contributed by atoms with Crippen molar-refractivity contribution in [1.82, 2.24) is 15.0 Å². The van der Waals surface area contributed by atoms with Gasteiger partial charge in [0.05, 0.1) is 16.4 Å². The number of benzene rings is 1. The van der Waals surface area contributed by atoms with Crippen LogP contribution in [0.4, 0.5) is 5.13 Å². The molecule has 0 radical (unpaired) electrons. The highest BCUT2D eigenvalue weighted by Gasteiger charge is 2.23. The fourth-order valence-corrected chi connectivity index (χ4v) is 3.31. The summed E-state index contributed by atoms with van der Waals surface area (Å²) in [5.74, 6) is -0.0597. The lowest BCUT2D eigenvalue weighted by molar-refractivity contribution is 0.0949. The van der Waals surface area contributed by atoms with Crippen molar-refractivity contribution in [2.75, 3.05) is 32.1 Å². The minimum Gasteiger partial charge on any atom is -0.351 e. The molecule has 0 saturated heterocycles. The second-order valence-electron chi connectivity index (χ2n) is 5.25. The maximum Gasteiger partial charge on any atom is 0.298 e. The van der Waals surface area contributed by atoms with Crippen LogP contribution in [0.2, 0.25) is 5.02 Å². The molecule has 1 amide bonds. The van der Waals surface area contributed by atoms with Gasteiger partial charge in [0.2, 0.25) is 5.76 Å². The van der Waals surface area contributed by atoms with E-state index in [1.54, 1.807) is 17.0 Å². The average Bonchev–Trinajstić information content (AvgIpc) is 3.15. The minimum absolute atomic E-state index is 0.195. The van der Waals surface area contributed by atoms with Crippen LogP contribution in [0.3, 0.4) is 0 Å². The monoisotopic (exact) mass is 350 g/mol. The quantitative estimate of drug-likeness (QED) is 0.707. The molecule has 8 heteroatoms. The number of carbonyl (C=O) groups is 1.